The Hall–Kier alpha value is -4.68. The second-order valence-electron chi connectivity index (χ2n) is 16.9. The van der Waals surface area contributed by atoms with Gasteiger partial charge in [-0.3, -0.25) is 0 Å². The molecule has 6 atom stereocenters. The summed E-state index contributed by atoms with van der Waals surface area (Å²) >= 11 is 0. The molecule has 284 valence electrons. The number of ether oxygens (including phenoxy) is 2. The lowest BCUT2D eigenvalue weighted by Gasteiger charge is -2.56. The van der Waals surface area contributed by atoms with Gasteiger partial charge in [0.2, 0.25) is 0 Å². The predicted molar refractivity (Wildman–Crippen MR) is 213 cm³/mol. The van der Waals surface area contributed by atoms with E-state index in [1.807, 2.05) is 36.4 Å². The molecule has 10 rings (SSSR count). The Morgan fingerprint density at radius 3 is 2.36 bits per heavy atom. The molecule has 55 heavy (non-hydrogen) atoms. The van der Waals surface area contributed by atoms with Crippen LogP contribution >= 0.6 is 0 Å². The van der Waals surface area contributed by atoms with E-state index in [1.54, 1.807) is 6.07 Å². The summed E-state index contributed by atoms with van der Waals surface area (Å²) in [6, 6.07) is 26.1. The van der Waals surface area contributed by atoms with Crippen LogP contribution in [0.1, 0.15) is 88.7 Å². The Morgan fingerprint density at radius 1 is 0.855 bits per heavy atom. The summed E-state index contributed by atoms with van der Waals surface area (Å²) in [4.78, 5) is 29.0. The van der Waals surface area contributed by atoms with Gasteiger partial charge < -0.3 is 19.7 Å². The molecular formula is C49H52O6. The molecule has 0 amide bonds. The van der Waals surface area contributed by atoms with E-state index in [4.69, 9.17) is 9.47 Å². The molecule has 2 N–H and O–H groups in total. The number of rotatable bonds is 10. The zero-order valence-electron chi connectivity index (χ0n) is 31.8. The van der Waals surface area contributed by atoms with Gasteiger partial charge in [-0.15, -0.1) is 0 Å². The van der Waals surface area contributed by atoms with Gasteiger partial charge in [-0.2, -0.15) is 0 Å². The van der Waals surface area contributed by atoms with Gasteiger partial charge >= 0.3 is 11.9 Å². The predicted octanol–water partition coefficient (Wildman–Crippen LogP) is 10.3. The third-order valence-corrected chi connectivity index (χ3v) is 14.1. The highest BCUT2D eigenvalue weighted by Crippen LogP contribution is 2.72. The lowest BCUT2D eigenvalue weighted by molar-refractivity contribution is -0.135. The van der Waals surface area contributed by atoms with Crippen LogP contribution in [0.25, 0.3) is 16.7 Å². The lowest BCUT2D eigenvalue weighted by atomic mass is 9.44. The summed E-state index contributed by atoms with van der Waals surface area (Å²) in [5.74, 6) is 1.45. The molecule has 2 saturated carbocycles. The normalized spacial score (nSPS) is 28.6. The number of fused-ring (bicyclic) bond motifs is 1. The Balaban J connectivity index is 1.20. The number of phenolic OH excluding ortho intramolecular Hbond substituents is 1. The van der Waals surface area contributed by atoms with Crippen molar-refractivity contribution in [1.29, 1.82) is 0 Å². The molecule has 3 aromatic rings. The molecule has 1 saturated heterocycles. The topological polar surface area (TPSA) is 93.1 Å². The monoisotopic (exact) mass is 736 g/mol. The van der Waals surface area contributed by atoms with Crippen molar-refractivity contribution in [2.24, 2.45) is 40.9 Å². The molecule has 0 radical (unpaired) electrons. The molecule has 1 spiro atoms. The van der Waals surface area contributed by atoms with Crippen molar-refractivity contribution in [3.05, 3.63) is 130 Å². The molecule has 0 aromatic heterocycles. The fourth-order valence-electron chi connectivity index (χ4n) is 11.6. The van der Waals surface area contributed by atoms with E-state index in [9.17, 15) is 19.8 Å². The van der Waals surface area contributed by atoms with E-state index in [0.29, 0.717) is 35.9 Å². The fourth-order valence-corrected chi connectivity index (χ4v) is 11.6. The second kappa shape index (κ2) is 14.8. The molecular weight excluding hydrogens is 685 g/mol. The summed E-state index contributed by atoms with van der Waals surface area (Å²) in [5.41, 5.74) is 6.59. The molecule has 3 aromatic carbocycles. The second-order valence-corrected chi connectivity index (χ2v) is 16.9. The summed E-state index contributed by atoms with van der Waals surface area (Å²) in [6.45, 7) is 2.32. The van der Waals surface area contributed by atoms with Crippen LogP contribution in [0.3, 0.4) is 0 Å². The van der Waals surface area contributed by atoms with Gasteiger partial charge in [-0.05, 0) is 127 Å². The van der Waals surface area contributed by atoms with Gasteiger partial charge in [0.15, 0.2) is 0 Å². The van der Waals surface area contributed by atoms with Crippen LogP contribution in [0, 0.1) is 40.9 Å². The number of allylic oxidation sites excluding steroid dienone is 5. The standard InChI is InChI=1S/C49H52O6/c1-2-30(26-31-12-6-3-7-13-31)27-42-49-25-24-37(43(46(49)48(53)55-42)40-28-35(51)19-20-36(40)33-16-10-5-11-17-33)38-21-22-39-41(54-47(52)44(39)45(38)49)23-18-34(29-50)32-14-8-4-9-15-32/h3,5-7,10-13,16-17,19-20,23,27-28,30,32,34,37-38,45,50-51H,2,4,8-9,14-15,18,21-22,24-26,29H2,1H3/b41-23?,42-27-/t30-,34+,37+,38-,45+,49+/m0/s1. The Bertz CT molecular complexity index is 2100. The first-order valence-corrected chi connectivity index (χ1v) is 20.8. The van der Waals surface area contributed by atoms with E-state index in [1.165, 1.54) is 24.8 Å². The van der Waals surface area contributed by atoms with Crippen LogP contribution in [0.15, 0.2) is 119 Å². The number of aliphatic hydroxyl groups excluding tert-OH is 1. The smallest absolute Gasteiger partial charge is 0.340 e. The minimum atomic E-state index is -0.833. The first-order chi connectivity index (χ1) is 26.9. The number of carbonyl (C=O) groups is 2. The maximum atomic E-state index is 14.7. The molecule has 2 aliphatic heterocycles. The van der Waals surface area contributed by atoms with Crippen LogP contribution in [0.2, 0.25) is 0 Å². The number of carbonyl (C=O) groups excluding carboxylic acids is 2. The van der Waals surface area contributed by atoms with E-state index < -0.39 is 5.41 Å². The molecule has 0 unspecified atom stereocenters. The van der Waals surface area contributed by atoms with Crippen molar-refractivity contribution < 1.29 is 29.3 Å². The average Bonchev–Trinajstić information content (AvgIpc) is 3.71. The van der Waals surface area contributed by atoms with E-state index >= 15 is 0 Å². The third kappa shape index (κ3) is 6.12. The third-order valence-electron chi connectivity index (χ3n) is 14.1. The quantitative estimate of drug-likeness (QED) is 0.201. The highest BCUT2D eigenvalue weighted by molar-refractivity contribution is 6.07. The van der Waals surface area contributed by atoms with Crippen LogP contribution in [-0.4, -0.2) is 28.8 Å². The van der Waals surface area contributed by atoms with E-state index in [0.717, 1.165) is 78.4 Å². The molecule has 5 aliphatic carbocycles. The van der Waals surface area contributed by atoms with Gasteiger partial charge in [-0.25, -0.2) is 9.59 Å². The molecule has 3 fully saturated rings. The zero-order valence-corrected chi connectivity index (χ0v) is 31.8. The molecule has 2 bridgehead atoms. The van der Waals surface area contributed by atoms with Crippen molar-refractivity contribution in [2.75, 3.05) is 6.61 Å². The van der Waals surface area contributed by atoms with E-state index in [2.05, 4.69) is 55.5 Å². The maximum Gasteiger partial charge on any atom is 0.340 e. The number of esters is 2. The minimum Gasteiger partial charge on any atom is -0.508 e. The lowest BCUT2D eigenvalue weighted by Crippen LogP contribution is -2.52. The number of benzene rings is 3. The fraction of sp³-hybridized carbons (Fsp3) is 0.429. The summed E-state index contributed by atoms with van der Waals surface area (Å²) in [5, 5.41) is 21.4. The first-order valence-electron chi connectivity index (χ1n) is 20.8. The number of aromatic hydroxyl groups is 1. The summed E-state index contributed by atoms with van der Waals surface area (Å²) < 4.78 is 12.7. The van der Waals surface area contributed by atoms with Crippen molar-refractivity contribution in [2.45, 2.75) is 84.0 Å². The molecule has 2 heterocycles. The van der Waals surface area contributed by atoms with Crippen LogP contribution in [0.5, 0.6) is 5.75 Å². The summed E-state index contributed by atoms with van der Waals surface area (Å²) in [6.07, 6.45) is 15.8. The molecule has 7 aliphatic rings. The number of hydrogen-bond donors (Lipinski definition) is 2. The minimum absolute atomic E-state index is 0.00396. The number of cyclic esters (lactones) is 2. The van der Waals surface area contributed by atoms with Crippen molar-refractivity contribution in [1.82, 2.24) is 0 Å². The maximum absolute atomic E-state index is 14.7. The molecule has 6 heteroatoms. The number of phenols is 1. The van der Waals surface area contributed by atoms with Crippen LogP contribution in [0.4, 0.5) is 0 Å². The highest BCUT2D eigenvalue weighted by Gasteiger charge is 2.68. The number of hydrogen-bond acceptors (Lipinski definition) is 6. The largest absolute Gasteiger partial charge is 0.508 e. The SMILES string of the molecule is CC[C@H](/C=C1\OC(=O)C2=C(c3cc(O)ccc3-c3ccccc3)[C@@H]3CC[C@@]21[C@H]1C2=C(CC[C@@H]31)C(=CC[C@H](CO)C1CCCCC1)OC2=O)Cc1ccccc1. The van der Waals surface area contributed by atoms with Gasteiger partial charge in [0, 0.05) is 23.7 Å². The Labute approximate surface area is 324 Å². The van der Waals surface area contributed by atoms with Crippen molar-refractivity contribution in [3.8, 4) is 16.9 Å². The van der Waals surface area contributed by atoms with Gasteiger partial charge in [0.1, 0.15) is 17.3 Å². The van der Waals surface area contributed by atoms with Crippen LogP contribution < -0.4 is 0 Å². The zero-order chi connectivity index (χ0) is 37.7. The van der Waals surface area contributed by atoms with Crippen molar-refractivity contribution >= 4 is 17.5 Å². The van der Waals surface area contributed by atoms with Gasteiger partial charge in [-0.1, -0.05) is 106 Å². The van der Waals surface area contributed by atoms with E-state index in [-0.39, 0.29) is 53.9 Å². The Kier molecular flexibility index (Phi) is 9.66. The summed E-state index contributed by atoms with van der Waals surface area (Å²) in [7, 11) is 0. The van der Waals surface area contributed by atoms with Crippen molar-refractivity contribution in [3.63, 3.8) is 0 Å². The average molecular weight is 737 g/mol. The Morgan fingerprint density at radius 2 is 1.62 bits per heavy atom. The number of aliphatic hydroxyl groups is 1. The van der Waals surface area contributed by atoms with Gasteiger partial charge in [0.25, 0.3) is 0 Å². The molecule has 6 nitrogen and oxygen atoms in total. The van der Waals surface area contributed by atoms with Crippen LogP contribution in [-0.2, 0) is 25.5 Å². The highest BCUT2D eigenvalue weighted by atomic mass is 16.5. The first kappa shape index (κ1) is 36.0. The van der Waals surface area contributed by atoms with Gasteiger partial charge in [0.05, 0.1) is 11.0 Å².